The van der Waals surface area contributed by atoms with E-state index in [-0.39, 0.29) is 35.4 Å². The van der Waals surface area contributed by atoms with Gasteiger partial charge in [-0.2, -0.15) is 5.10 Å². The van der Waals surface area contributed by atoms with Gasteiger partial charge < -0.3 is 14.5 Å². The second-order valence-corrected chi connectivity index (χ2v) is 8.32. The van der Waals surface area contributed by atoms with Crippen molar-refractivity contribution in [2.24, 2.45) is 5.92 Å². The van der Waals surface area contributed by atoms with Gasteiger partial charge in [-0.15, -0.1) is 0 Å². The number of aryl methyl sites for hydroxylation is 1. The number of rotatable bonds is 7. The molecule has 0 bridgehead atoms. The number of likely N-dealkylation sites (tertiary alicyclic amines) is 1. The summed E-state index contributed by atoms with van der Waals surface area (Å²) in [5, 5.41) is 4.67. The van der Waals surface area contributed by atoms with Crippen molar-refractivity contribution < 1.29 is 19.1 Å². The lowest BCUT2D eigenvalue weighted by atomic mass is 9.97. The molecule has 0 aliphatic carbocycles. The minimum absolute atomic E-state index is 0.0669. The van der Waals surface area contributed by atoms with Crippen LogP contribution in [0.3, 0.4) is 0 Å². The van der Waals surface area contributed by atoms with E-state index >= 15 is 0 Å². The Morgan fingerprint density at radius 3 is 2.47 bits per heavy atom. The summed E-state index contributed by atoms with van der Waals surface area (Å²) in [4.78, 5) is 40.7. The highest BCUT2D eigenvalue weighted by molar-refractivity contribution is 6.33. The molecule has 2 heterocycles. The van der Waals surface area contributed by atoms with Gasteiger partial charge in [-0.25, -0.2) is 4.68 Å². The van der Waals surface area contributed by atoms with Crippen molar-refractivity contribution in [2.75, 3.05) is 33.3 Å². The number of ether oxygens (including phenoxy) is 1. The molecule has 0 spiro atoms. The number of nitrogens with zero attached hydrogens (tertiary/aromatic N) is 4. The second kappa shape index (κ2) is 10.6. The third-order valence-electron chi connectivity index (χ3n) is 5.64. The molecule has 9 heteroatoms. The number of amides is 2. The molecule has 0 saturated carbocycles. The Labute approximate surface area is 193 Å². The van der Waals surface area contributed by atoms with Gasteiger partial charge in [0, 0.05) is 20.1 Å². The van der Waals surface area contributed by atoms with Gasteiger partial charge in [0.1, 0.15) is 5.15 Å². The molecule has 0 unspecified atom stereocenters. The fourth-order valence-corrected chi connectivity index (χ4v) is 4.16. The Morgan fingerprint density at radius 2 is 1.84 bits per heavy atom. The molecule has 2 aromatic rings. The van der Waals surface area contributed by atoms with E-state index in [4.69, 9.17) is 16.3 Å². The topological polar surface area (TPSA) is 84.7 Å². The van der Waals surface area contributed by atoms with E-state index in [1.165, 1.54) is 4.90 Å². The van der Waals surface area contributed by atoms with Gasteiger partial charge in [0.15, 0.2) is 0 Å². The normalized spacial score (nSPS) is 14.3. The summed E-state index contributed by atoms with van der Waals surface area (Å²) >= 11 is 6.49. The molecule has 2 amide bonds. The van der Waals surface area contributed by atoms with Crippen molar-refractivity contribution in [3.05, 3.63) is 52.3 Å². The first-order chi connectivity index (χ1) is 15.3. The molecule has 32 heavy (non-hydrogen) atoms. The number of aromatic nitrogens is 2. The van der Waals surface area contributed by atoms with E-state index in [0.717, 1.165) is 5.56 Å². The smallest absolute Gasteiger partial charge is 0.309 e. The first kappa shape index (κ1) is 23.8. The maximum atomic E-state index is 13.0. The molecule has 1 aromatic carbocycles. The minimum atomic E-state index is -0.346. The average molecular weight is 461 g/mol. The zero-order valence-electron chi connectivity index (χ0n) is 18.7. The predicted molar refractivity (Wildman–Crippen MR) is 120 cm³/mol. The van der Waals surface area contributed by atoms with Gasteiger partial charge in [-0.05, 0) is 32.3 Å². The van der Waals surface area contributed by atoms with E-state index in [0.29, 0.717) is 50.3 Å². The lowest BCUT2D eigenvalue weighted by molar-refractivity contribution is -0.151. The van der Waals surface area contributed by atoms with Crippen molar-refractivity contribution >= 4 is 29.4 Å². The minimum Gasteiger partial charge on any atom is -0.466 e. The SMILES string of the molecule is CCOC(=O)C1CCN(C(=O)CN(C)C(=O)c2c(C)nn(Cc3ccccc3)c2Cl)CC1. The molecule has 1 aliphatic heterocycles. The molecule has 3 rings (SSSR count). The molecule has 0 radical (unpaired) electrons. The number of hydrogen-bond acceptors (Lipinski definition) is 5. The molecular weight excluding hydrogens is 432 g/mol. The van der Waals surface area contributed by atoms with Gasteiger partial charge in [0.25, 0.3) is 5.91 Å². The van der Waals surface area contributed by atoms with Crippen LogP contribution in [0.5, 0.6) is 0 Å². The number of benzene rings is 1. The van der Waals surface area contributed by atoms with E-state index in [1.807, 2.05) is 30.3 Å². The highest BCUT2D eigenvalue weighted by Gasteiger charge is 2.30. The van der Waals surface area contributed by atoms with Crippen LogP contribution in [0, 0.1) is 12.8 Å². The van der Waals surface area contributed by atoms with Gasteiger partial charge in [-0.1, -0.05) is 41.9 Å². The number of carbonyl (C=O) groups is 3. The van der Waals surface area contributed by atoms with Crippen molar-refractivity contribution in [3.8, 4) is 0 Å². The fraction of sp³-hybridized carbons (Fsp3) is 0.478. The number of esters is 1. The second-order valence-electron chi connectivity index (χ2n) is 7.96. The van der Waals surface area contributed by atoms with Crippen molar-refractivity contribution in [3.63, 3.8) is 0 Å². The van der Waals surface area contributed by atoms with Crippen LogP contribution in [-0.2, 0) is 20.9 Å². The van der Waals surface area contributed by atoms with Crippen molar-refractivity contribution in [1.29, 1.82) is 0 Å². The zero-order valence-corrected chi connectivity index (χ0v) is 19.5. The summed E-state index contributed by atoms with van der Waals surface area (Å²) in [6.45, 7) is 5.20. The van der Waals surface area contributed by atoms with Crippen molar-refractivity contribution in [2.45, 2.75) is 33.2 Å². The Kier molecular flexibility index (Phi) is 7.90. The lowest BCUT2D eigenvalue weighted by Gasteiger charge is -2.32. The number of carbonyl (C=O) groups excluding carboxylic acids is 3. The predicted octanol–water partition coefficient (Wildman–Crippen LogP) is 2.77. The summed E-state index contributed by atoms with van der Waals surface area (Å²) in [6, 6.07) is 9.72. The summed E-state index contributed by atoms with van der Waals surface area (Å²) in [5.41, 5.74) is 1.84. The van der Waals surface area contributed by atoms with Crippen LogP contribution >= 0.6 is 11.6 Å². The molecule has 1 aromatic heterocycles. The van der Waals surface area contributed by atoms with Crippen LogP contribution in [0.4, 0.5) is 0 Å². The van der Waals surface area contributed by atoms with E-state index < -0.39 is 0 Å². The monoisotopic (exact) mass is 460 g/mol. The third-order valence-corrected chi connectivity index (χ3v) is 6.03. The molecule has 0 atom stereocenters. The fourth-order valence-electron chi connectivity index (χ4n) is 3.85. The molecule has 172 valence electrons. The van der Waals surface area contributed by atoms with Crippen LogP contribution < -0.4 is 0 Å². The van der Waals surface area contributed by atoms with Gasteiger partial charge in [0.05, 0.1) is 36.9 Å². The number of likely N-dealkylation sites (N-methyl/N-ethyl adjacent to an activating group) is 1. The van der Waals surface area contributed by atoms with E-state index in [1.54, 1.807) is 30.5 Å². The summed E-state index contributed by atoms with van der Waals surface area (Å²) in [7, 11) is 1.58. The molecule has 1 aliphatic rings. The standard InChI is InChI=1S/C23H29ClN4O4/c1-4-32-23(31)18-10-12-27(13-11-18)19(29)15-26(3)22(30)20-16(2)25-28(21(20)24)14-17-8-6-5-7-9-17/h5-9,18H,4,10-15H2,1-3H3. The third kappa shape index (κ3) is 5.48. The quantitative estimate of drug-likeness (QED) is 0.593. The largest absolute Gasteiger partial charge is 0.466 e. The van der Waals surface area contributed by atoms with Crippen LogP contribution in [0.15, 0.2) is 30.3 Å². The Morgan fingerprint density at radius 1 is 1.19 bits per heavy atom. The maximum absolute atomic E-state index is 13.0. The summed E-state index contributed by atoms with van der Waals surface area (Å²) < 4.78 is 6.66. The highest BCUT2D eigenvalue weighted by Crippen LogP contribution is 2.23. The molecule has 1 saturated heterocycles. The molecule has 8 nitrogen and oxygen atoms in total. The van der Waals surface area contributed by atoms with Crippen molar-refractivity contribution in [1.82, 2.24) is 19.6 Å². The van der Waals surface area contributed by atoms with Gasteiger partial charge in [-0.3, -0.25) is 14.4 Å². The van der Waals surface area contributed by atoms with Crippen LogP contribution in [-0.4, -0.2) is 70.7 Å². The maximum Gasteiger partial charge on any atom is 0.309 e. The summed E-state index contributed by atoms with van der Waals surface area (Å²) in [5.74, 6) is -0.880. The zero-order chi connectivity index (χ0) is 23.3. The number of halogens is 1. The average Bonchev–Trinajstić information content (AvgIpc) is 3.06. The van der Waals surface area contributed by atoms with Gasteiger partial charge in [0.2, 0.25) is 5.91 Å². The van der Waals surface area contributed by atoms with Crippen LogP contribution in [0.2, 0.25) is 5.15 Å². The number of hydrogen-bond donors (Lipinski definition) is 0. The Bertz CT molecular complexity index is 968. The van der Waals surface area contributed by atoms with Crippen LogP contribution in [0.25, 0.3) is 0 Å². The molecule has 0 N–H and O–H groups in total. The van der Waals surface area contributed by atoms with Crippen LogP contribution in [0.1, 0.15) is 41.4 Å². The first-order valence-corrected chi connectivity index (χ1v) is 11.2. The molecular formula is C23H29ClN4O4. The lowest BCUT2D eigenvalue weighted by Crippen LogP contribution is -2.45. The summed E-state index contributed by atoms with van der Waals surface area (Å²) in [6.07, 6.45) is 1.14. The highest BCUT2D eigenvalue weighted by atomic mass is 35.5. The van der Waals surface area contributed by atoms with E-state index in [2.05, 4.69) is 5.10 Å². The Balaban J connectivity index is 1.60. The van der Waals surface area contributed by atoms with E-state index in [9.17, 15) is 14.4 Å². The molecule has 1 fully saturated rings. The number of piperidine rings is 1. The first-order valence-electron chi connectivity index (χ1n) is 10.8. The Hall–Kier alpha value is -2.87. The van der Waals surface area contributed by atoms with Gasteiger partial charge >= 0.3 is 5.97 Å².